The number of para-hydroxylation sites is 1. The van der Waals surface area contributed by atoms with E-state index < -0.39 is 10.0 Å². The molecule has 0 aromatic heterocycles. The zero-order valence-corrected chi connectivity index (χ0v) is 21.1. The fourth-order valence-electron chi connectivity index (χ4n) is 3.89. The molecule has 0 saturated carbocycles. The molecule has 0 aliphatic heterocycles. The molecule has 0 radical (unpaired) electrons. The molecule has 0 bridgehead atoms. The van der Waals surface area contributed by atoms with Crippen molar-refractivity contribution < 1.29 is 17.9 Å². The van der Waals surface area contributed by atoms with E-state index in [0.717, 1.165) is 28.0 Å². The lowest BCUT2D eigenvalue weighted by atomic mass is 10.0. The lowest BCUT2D eigenvalue weighted by Crippen LogP contribution is -2.42. The molecule has 0 fully saturated rings. The quantitative estimate of drug-likeness (QED) is 0.463. The molecule has 6 nitrogen and oxygen atoms in total. The number of carbonyl (C=O) groups excluding carboxylic acids is 1. The zero-order chi connectivity index (χ0) is 24.9. The van der Waals surface area contributed by atoms with E-state index >= 15 is 0 Å². The van der Waals surface area contributed by atoms with Crippen LogP contribution in [0.3, 0.4) is 0 Å². The molecular formula is C27H32N2O4S. The minimum Gasteiger partial charge on any atom is -0.496 e. The molecule has 0 unspecified atom stereocenters. The van der Waals surface area contributed by atoms with Crippen molar-refractivity contribution in [1.82, 2.24) is 5.32 Å². The molecule has 180 valence electrons. The van der Waals surface area contributed by atoms with E-state index in [2.05, 4.69) is 5.32 Å². The van der Waals surface area contributed by atoms with E-state index in [-0.39, 0.29) is 23.4 Å². The van der Waals surface area contributed by atoms with Gasteiger partial charge in [-0.1, -0.05) is 55.0 Å². The summed E-state index contributed by atoms with van der Waals surface area (Å²) in [6.07, 6.45) is 0.659. The van der Waals surface area contributed by atoms with Gasteiger partial charge in [-0.15, -0.1) is 0 Å². The van der Waals surface area contributed by atoms with Crippen molar-refractivity contribution in [3.05, 3.63) is 89.0 Å². The monoisotopic (exact) mass is 480 g/mol. The van der Waals surface area contributed by atoms with Gasteiger partial charge in [-0.25, -0.2) is 8.42 Å². The fraction of sp³-hybridized carbons (Fsp3) is 0.296. The molecular weight excluding hydrogens is 448 g/mol. The number of hydrogen-bond donors (Lipinski definition) is 1. The number of amides is 1. The molecule has 3 aromatic carbocycles. The number of ether oxygens (including phenoxy) is 1. The number of rotatable bonds is 9. The number of sulfonamides is 1. The van der Waals surface area contributed by atoms with Gasteiger partial charge in [0.2, 0.25) is 5.91 Å². The lowest BCUT2D eigenvalue weighted by Gasteiger charge is -2.27. The summed E-state index contributed by atoms with van der Waals surface area (Å²) in [4.78, 5) is 13.3. The van der Waals surface area contributed by atoms with Crippen LogP contribution in [0.4, 0.5) is 5.69 Å². The number of methoxy groups -OCH3 is 1. The molecule has 0 heterocycles. The first-order valence-corrected chi connectivity index (χ1v) is 12.7. The second-order valence-corrected chi connectivity index (χ2v) is 10.2. The average Bonchev–Trinajstić information content (AvgIpc) is 2.81. The van der Waals surface area contributed by atoms with E-state index in [1.165, 1.54) is 4.31 Å². The third kappa shape index (κ3) is 5.59. The van der Waals surface area contributed by atoms with Crippen LogP contribution in [0, 0.1) is 20.8 Å². The summed E-state index contributed by atoms with van der Waals surface area (Å²) in [5.74, 6) is 0.402. The highest BCUT2D eigenvalue weighted by Crippen LogP contribution is 2.28. The van der Waals surface area contributed by atoms with Gasteiger partial charge in [0, 0.05) is 0 Å². The van der Waals surface area contributed by atoms with Crippen molar-refractivity contribution >= 4 is 21.6 Å². The number of benzene rings is 3. The van der Waals surface area contributed by atoms with Gasteiger partial charge in [0.05, 0.1) is 23.7 Å². The number of anilines is 1. The molecule has 3 aromatic rings. The SMILES string of the molecule is CC[C@@H](NC(=O)CN(c1ccccc1C)S(=O)(=O)c1ccc(C)cc1)c1ccc(OC)c(C)c1. The van der Waals surface area contributed by atoms with Gasteiger partial charge in [-0.3, -0.25) is 9.10 Å². The Bertz CT molecular complexity index is 1250. The molecule has 0 aliphatic rings. The normalized spacial score (nSPS) is 12.1. The van der Waals surface area contributed by atoms with Crippen LogP contribution >= 0.6 is 0 Å². The maximum absolute atomic E-state index is 13.6. The maximum Gasteiger partial charge on any atom is 0.264 e. The van der Waals surface area contributed by atoms with E-state index in [9.17, 15) is 13.2 Å². The predicted octanol–water partition coefficient (Wildman–Crippen LogP) is 5.08. The Morgan fingerprint density at radius 3 is 2.24 bits per heavy atom. The molecule has 1 atom stereocenters. The van der Waals surface area contributed by atoms with Gasteiger partial charge < -0.3 is 10.1 Å². The summed E-state index contributed by atoms with van der Waals surface area (Å²) < 4.78 is 33.7. The number of carbonyl (C=O) groups is 1. The third-order valence-electron chi connectivity index (χ3n) is 5.85. The molecule has 0 spiro atoms. The Labute approximate surface area is 202 Å². The smallest absolute Gasteiger partial charge is 0.264 e. The van der Waals surface area contributed by atoms with E-state index in [0.29, 0.717) is 12.1 Å². The van der Waals surface area contributed by atoms with Gasteiger partial charge in [0.15, 0.2) is 0 Å². The molecule has 7 heteroatoms. The largest absolute Gasteiger partial charge is 0.496 e. The minimum absolute atomic E-state index is 0.145. The first-order chi connectivity index (χ1) is 16.2. The Hall–Kier alpha value is -3.32. The van der Waals surface area contributed by atoms with E-state index in [1.807, 2.05) is 58.0 Å². The first kappa shape index (κ1) is 25.3. The number of hydrogen-bond acceptors (Lipinski definition) is 4. The molecule has 0 aliphatic carbocycles. The van der Waals surface area contributed by atoms with Crippen molar-refractivity contribution in [3.8, 4) is 5.75 Å². The van der Waals surface area contributed by atoms with E-state index in [1.54, 1.807) is 43.5 Å². The number of nitrogens with one attached hydrogen (secondary N) is 1. The second-order valence-electron chi connectivity index (χ2n) is 8.37. The maximum atomic E-state index is 13.6. The molecule has 34 heavy (non-hydrogen) atoms. The van der Waals surface area contributed by atoms with Crippen LogP contribution in [-0.4, -0.2) is 28.0 Å². The van der Waals surface area contributed by atoms with Gasteiger partial charge in [-0.2, -0.15) is 0 Å². The summed E-state index contributed by atoms with van der Waals surface area (Å²) >= 11 is 0. The molecule has 3 rings (SSSR count). The standard InChI is InChI=1S/C27H32N2O4S/c1-6-24(22-13-16-26(33-5)21(4)17-22)28-27(30)18-29(25-10-8-7-9-20(25)3)34(31,32)23-14-11-19(2)12-15-23/h7-17,24H,6,18H2,1-5H3,(H,28,30)/t24-/m1/s1. The fourth-order valence-corrected chi connectivity index (χ4v) is 5.38. The summed E-state index contributed by atoms with van der Waals surface area (Å²) in [5, 5.41) is 3.01. The van der Waals surface area contributed by atoms with Crippen molar-refractivity contribution in [2.75, 3.05) is 18.0 Å². The van der Waals surface area contributed by atoms with Crippen molar-refractivity contribution in [3.63, 3.8) is 0 Å². The van der Waals surface area contributed by atoms with Gasteiger partial charge in [0.25, 0.3) is 10.0 Å². The highest BCUT2D eigenvalue weighted by molar-refractivity contribution is 7.92. The van der Waals surface area contributed by atoms with Crippen LogP contribution in [0.5, 0.6) is 5.75 Å². The highest BCUT2D eigenvalue weighted by atomic mass is 32.2. The Morgan fingerprint density at radius 1 is 0.971 bits per heavy atom. The Morgan fingerprint density at radius 2 is 1.65 bits per heavy atom. The Balaban J connectivity index is 1.91. The topological polar surface area (TPSA) is 75.7 Å². The summed E-state index contributed by atoms with van der Waals surface area (Å²) in [5.41, 5.74) is 4.12. The van der Waals surface area contributed by atoms with Gasteiger partial charge >= 0.3 is 0 Å². The van der Waals surface area contributed by atoms with E-state index in [4.69, 9.17) is 4.74 Å². The lowest BCUT2D eigenvalue weighted by molar-refractivity contribution is -0.120. The highest BCUT2D eigenvalue weighted by Gasteiger charge is 2.29. The summed E-state index contributed by atoms with van der Waals surface area (Å²) in [6, 6.07) is 19.3. The van der Waals surface area contributed by atoms with Crippen LogP contribution in [0.1, 0.15) is 41.6 Å². The van der Waals surface area contributed by atoms with Crippen LogP contribution in [0.25, 0.3) is 0 Å². The number of aryl methyl sites for hydroxylation is 3. The second kappa shape index (κ2) is 10.7. The van der Waals surface area contributed by atoms with Crippen LogP contribution in [0.2, 0.25) is 0 Å². The van der Waals surface area contributed by atoms with Crippen LogP contribution in [-0.2, 0) is 14.8 Å². The molecule has 0 saturated heterocycles. The first-order valence-electron chi connectivity index (χ1n) is 11.3. The zero-order valence-electron chi connectivity index (χ0n) is 20.3. The van der Waals surface area contributed by atoms with Crippen molar-refractivity contribution in [2.24, 2.45) is 0 Å². The van der Waals surface area contributed by atoms with Crippen LogP contribution in [0.15, 0.2) is 71.6 Å². The average molecular weight is 481 g/mol. The molecule has 1 amide bonds. The van der Waals surface area contributed by atoms with Crippen LogP contribution < -0.4 is 14.4 Å². The van der Waals surface area contributed by atoms with Gasteiger partial charge in [0.1, 0.15) is 12.3 Å². The molecule has 1 N–H and O–H groups in total. The van der Waals surface area contributed by atoms with Crippen molar-refractivity contribution in [2.45, 2.75) is 45.1 Å². The Kier molecular flexibility index (Phi) is 7.99. The minimum atomic E-state index is -3.96. The van der Waals surface area contributed by atoms with Crippen molar-refractivity contribution in [1.29, 1.82) is 0 Å². The van der Waals surface area contributed by atoms with Gasteiger partial charge in [-0.05, 0) is 68.1 Å². The predicted molar refractivity (Wildman–Crippen MR) is 136 cm³/mol. The summed E-state index contributed by atoms with van der Waals surface area (Å²) in [7, 11) is -2.33. The number of nitrogens with zero attached hydrogens (tertiary/aromatic N) is 1. The third-order valence-corrected chi connectivity index (χ3v) is 7.62. The summed E-state index contributed by atoms with van der Waals surface area (Å²) in [6.45, 7) is 7.33.